The molecule has 1 aliphatic rings. The Morgan fingerprint density at radius 3 is 2.23 bits per heavy atom. The zero-order valence-electron chi connectivity index (χ0n) is 15.8. The summed E-state index contributed by atoms with van der Waals surface area (Å²) in [7, 11) is -3.91. The monoisotopic (exact) mass is 453 g/mol. The van der Waals surface area contributed by atoms with Crippen molar-refractivity contribution in [2.75, 3.05) is 10.2 Å². The Bertz CT molecular complexity index is 1230. The molecule has 0 aromatic heterocycles. The van der Waals surface area contributed by atoms with Crippen LogP contribution in [0.2, 0.25) is 0 Å². The highest BCUT2D eigenvalue weighted by Gasteiger charge is 2.41. The van der Waals surface area contributed by atoms with Crippen molar-refractivity contribution in [1.82, 2.24) is 0 Å². The standard InChI is InChI=1S/C20H15N5O4S2/c21-11-13(12-22)19(24-14-4-2-1-3-5-14)30-17-10-18(26)25(20(17)27)15-6-8-16(9-7-15)31(23,28)29/h1-9,17,24H,10H2,(H2,23,28,29)/t17-/m1/s1. The minimum Gasteiger partial charge on any atom is -0.349 e. The number of primary sulfonamides is 1. The number of thioether (sulfide) groups is 1. The number of hydrogen-bond donors (Lipinski definition) is 2. The Hall–Kier alpha value is -3.64. The molecule has 1 fully saturated rings. The van der Waals surface area contributed by atoms with Crippen LogP contribution in [0.1, 0.15) is 6.42 Å². The van der Waals surface area contributed by atoms with E-state index in [0.717, 1.165) is 16.7 Å². The van der Waals surface area contributed by atoms with Crippen molar-refractivity contribution in [2.24, 2.45) is 5.14 Å². The summed E-state index contributed by atoms with van der Waals surface area (Å²) in [4.78, 5) is 26.2. The molecule has 2 aromatic rings. The predicted octanol–water partition coefficient (Wildman–Crippen LogP) is 2.07. The lowest BCUT2D eigenvalue weighted by Crippen LogP contribution is -2.31. The van der Waals surface area contributed by atoms with E-state index in [0.29, 0.717) is 5.69 Å². The highest BCUT2D eigenvalue weighted by Crippen LogP contribution is 2.35. The zero-order chi connectivity index (χ0) is 22.6. The van der Waals surface area contributed by atoms with Crippen molar-refractivity contribution in [3.8, 4) is 12.1 Å². The van der Waals surface area contributed by atoms with E-state index in [1.165, 1.54) is 24.3 Å². The summed E-state index contributed by atoms with van der Waals surface area (Å²) in [5.74, 6) is -1.03. The Labute approximate surface area is 182 Å². The number of nitrogens with zero attached hydrogens (tertiary/aromatic N) is 3. The van der Waals surface area contributed by atoms with Gasteiger partial charge in [-0.05, 0) is 36.4 Å². The number of sulfonamides is 1. The van der Waals surface area contributed by atoms with Gasteiger partial charge in [-0.2, -0.15) is 10.5 Å². The molecule has 0 spiro atoms. The molecule has 0 aliphatic carbocycles. The number of rotatable bonds is 6. The zero-order valence-corrected chi connectivity index (χ0v) is 17.5. The first-order valence-corrected chi connectivity index (χ1v) is 11.2. The van der Waals surface area contributed by atoms with E-state index in [4.69, 9.17) is 5.14 Å². The van der Waals surface area contributed by atoms with E-state index in [9.17, 15) is 28.5 Å². The highest BCUT2D eigenvalue weighted by atomic mass is 32.2. The maximum atomic E-state index is 12.9. The summed E-state index contributed by atoms with van der Waals surface area (Å²) in [6.45, 7) is 0. The van der Waals surface area contributed by atoms with E-state index in [1.54, 1.807) is 42.5 Å². The van der Waals surface area contributed by atoms with Crippen molar-refractivity contribution in [3.05, 3.63) is 65.2 Å². The van der Waals surface area contributed by atoms with Crippen LogP contribution in [0.15, 0.2) is 70.1 Å². The number of benzene rings is 2. The van der Waals surface area contributed by atoms with Gasteiger partial charge in [0, 0.05) is 12.1 Å². The smallest absolute Gasteiger partial charge is 0.247 e. The number of hydrogen-bond acceptors (Lipinski definition) is 8. The number of carbonyl (C=O) groups excluding carboxylic acids is 2. The van der Waals surface area contributed by atoms with Crippen molar-refractivity contribution in [3.63, 3.8) is 0 Å². The number of imide groups is 1. The molecule has 156 valence electrons. The topological polar surface area (TPSA) is 157 Å². The average molecular weight is 454 g/mol. The summed E-state index contributed by atoms with van der Waals surface area (Å²) in [5, 5.41) is 25.9. The molecular formula is C20H15N5O4S2. The Morgan fingerprint density at radius 1 is 1.06 bits per heavy atom. The molecule has 1 aliphatic heterocycles. The third kappa shape index (κ3) is 4.92. The summed E-state index contributed by atoms with van der Waals surface area (Å²) >= 11 is 0.918. The van der Waals surface area contributed by atoms with Gasteiger partial charge in [0.2, 0.25) is 21.8 Å². The number of amides is 2. The van der Waals surface area contributed by atoms with E-state index in [2.05, 4.69) is 5.32 Å². The minimum absolute atomic E-state index is 0.147. The second-order valence-corrected chi connectivity index (χ2v) is 9.11. The predicted molar refractivity (Wildman–Crippen MR) is 115 cm³/mol. The van der Waals surface area contributed by atoms with Gasteiger partial charge in [-0.25, -0.2) is 18.5 Å². The van der Waals surface area contributed by atoms with Crippen LogP contribution in [-0.2, 0) is 19.6 Å². The Morgan fingerprint density at radius 2 is 1.68 bits per heavy atom. The van der Waals surface area contributed by atoms with Crippen LogP contribution in [-0.4, -0.2) is 25.5 Å². The van der Waals surface area contributed by atoms with Crippen LogP contribution in [0.4, 0.5) is 11.4 Å². The first kappa shape index (κ1) is 22.1. The molecule has 11 heteroatoms. The first-order chi connectivity index (χ1) is 14.7. The molecule has 2 aromatic carbocycles. The van der Waals surface area contributed by atoms with Gasteiger partial charge in [0.05, 0.1) is 15.8 Å². The Kier molecular flexibility index (Phi) is 6.42. The highest BCUT2D eigenvalue weighted by molar-refractivity contribution is 8.04. The maximum Gasteiger partial charge on any atom is 0.247 e. The number of allylic oxidation sites excluding steroid dienone is 1. The average Bonchev–Trinajstić information content (AvgIpc) is 3.02. The van der Waals surface area contributed by atoms with Crippen LogP contribution < -0.4 is 15.4 Å². The van der Waals surface area contributed by atoms with Gasteiger partial charge in [-0.3, -0.25) is 9.59 Å². The number of nitrogens with two attached hydrogens (primary N) is 1. The largest absolute Gasteiger partial charge is 0.349 e. The van der Waals surface area contributed by atoms with Gasteiger partial charge >= 0.3 is 0 Å². The molecule has 0 radical (unpaired) electrons. The lowest BCUT2D eigenvalue weighted by atomic mass is 10.3. The second kappa shape index (κ2) is 9.02. The fourth-order valence-electron chi connectivity index (χ4n) is 2.82. The van der Waals surface area contributed by atoms with Gasteiger partial charge in [-0.15, -0.1) is 0 Å². The fraction of sp³-hybridized carbons (Fsp3) is 0.100. The number of para-hydroxylation sites is 1. The Balaban J connectivity index is 1.86. The molecule has 3 rings (SSSR count). The van der Waals surface area contributed by atoms with Gasteiger partial charge < -0.3 is 5.32 Å². The number of nitriles is 2. The molecule has 3 N–H and O–H groups in total. The quantitative estimate of drug-likeness (QED) is 0.497. The molecule has 31 heavy (non-hydrogen) atoms. The van der Waals surface area contributed by atoms with E-state index in [1.807, 2.05) is 0 Å². The molecule has 1 heterocycles. The van der Waals surface area contributed by atoms with Crippen molar-refractivity contribution < 1.29 is 18.0 Å². The maximum absolute atomic E-state index is 12.9. The van der Waals surface area contributed by atoms with E-state index in [-0.39, 0.29) is 27.6 Å². The van der Waals surface area contributed by atoms with Crippen LogP contribution >= 0.6 is 11.8 Å². The first-order valence-electron chi connectivity index (χ1n) is 8.77. The van der Waals surface area contributed by atoms with Crippen molar-refractivity contribution >= 4 is 45.0 Å². The molecule has 0 unspecified atom stereocenters. The van der Waals surface area contributed by atoms with Crippen LogP contribution in [0.25, 0.3) is 0 Å². The lowest BCUT2D eigenvalue weighted by Gasteiger charge is -2.16. The van der Waals surface area contributed by atoms with Crippen LogP contribution in [0.3, 0.4) is 0 Å². The van der Waals surface area contributed by atoms with Gasteiger partial charge in [0.25, 0.3) is 0 Å². The SMILES string of the molecule is N#CC(C#N)=C(Nc1ccccc1)S[C@@H]1CC(=O)N(c2ccc(S(N)(=O)=O)cc2)C1=O. The molecular weight excluding hydrogens is 438 g/mol. The molecule has 1 saturated heterocycles. The van der Waals surface area contributed by atoms with E-state index < -0.39 is 27.1 Å². The lowest BCUT2D eigenvalue weighted by molar-refractivity contribution is -0.121. The summed E-state index contributed by atoms with van der Waals surface area (Å²) in [6, 6.07) is 17.4. The summed E-state index contributed by atoms with van der Waals surface area (Å²) < 4.78 is 22.8. The normalized spacial score (nSPS) is 15.8. The van der Waals surface area contributed by atoms with Crippen LogP contribution in [0.5, 0.6) is 0 Å². The summed E-state index contributed by atoms with van der Waals surface area (Å²) in [6.07, 6.45) is -0.148. The minimum atomic E-state index is -3.91. The number of nitrogens with one attached hydrogen (secondary N) is 1. The van der Waals surface area contributed by atoms with Gasteiger partial charge in [0.1, 0.15) is 17.2 Å². The summed E-state index contributed by atoms with van der Waals surface area (Å²) in [5.41, 5.74) is 0.595. The molecule has 1 atom stereocenters. The number of carbonyl (C=O) groups is 2. The second-order valence-electron chi connectivity index (χ2n) is 6.34. The van der Waals surface area contributed by atoms with Gasteiger partial charge in [-0.1, -0.05) is 30.0 Å². The molecule has 9 nitrogen and oxygen atoms in total. The molecule has 0 bridgehead atoms. The van der Waals surface area contributed by atoms with Crippen LogP contribution in [0, 0.1) is 22.7 Å². The third-order valence-corrected chi connectivity index (χ3v) is 6.40. The van der Waals surface area contributed by atoms with E-state index >= 15 is 0 Å². The van der Waals surface area contributed by atoms with Crippen molar-refractivity contribution in [1.29, 1.82) is 10.5 Å². The van der Waals surface area contributed by atoms with Gasteiger partial charge in [0.15, 0.2) is 5.57 Å². The fourth-order valence-corrected chi connectivity index (χ4v) is 4.44. The number of anilines is 2. The van der Waals surface area contributed by atoms with Crippen molar-refractivity contribution in [2.45, 2.75) is 16.6 Å². The molecule has 2 amide bonds. The third-order valence-electron chi connectivity index (χ3n) is 4.27. The molecule has 0 saturated carbocycles.